The predicted octanol–water partition coefficient (Wildman–Crippen LogP) is 1.70. The summed E-state index contributed by atoms with van der Waals surface area (Å²) in [7, 11) is 1.83. The van der Waals surface area contributed by atoms with Gasteiger partial charge in [0.15, 0.2) is 0 Å². The first kappa shape index (κ1) is 14.8. The van der Waals surface area contributed by atoms with Crippen LogP contribution in [0.25, 0.3) is 0 Å². The van der Waals surface area contributed by atoms with E-state index in [1.54, 1.807) is 4.90 Å². The number of benzene rings is 1. The molecule has 0 unspecified atom stereocenters. The van der Waals surface area contributed by atoms with Gasteiger partial charge in [0, 0.05) is 32.4 Å². The Labute approximate surface area is 120 Å². The third kappa shape index (κ3) is 4.21. The zero-order valence-corrected chi connectivity index (χ0v) is 12.1. The molecule has 2 rings (SSSR count). The maximum absolute atomic E-state index is 12.0. The van der Waals surface area contributed by atoms with Gasteiger partial charge in [-0.15, -0.1) is 0 Å². The summed E-state index contributed by atoms with van der Waals surface area (Å²) >= 11 is 0. The van der Waals surface area contributed by atoms with Crippen LogP contribution in [0.2, 0.25) is 0 Å². The fourth-order valence-corrected chi connectivity index (χ4v) is 2.34. The van der Waals surface area contributed by atoms with E-state index < -0.39 is 0 Å². The van der Waals surface area contributed by atoms with Gasteiger partial charge in [-0.2, -0.15) is 0 Å². The number of likely N-dealkylation sites (N-methyl/N-ethyl adjacent to an activating group) is 1. The van der Waals surface area contributed by atoms with Crippen LogP contribution in [0.4, 0.5) is 10.5 Å². The molecule has 20 heavy (non-hydrogen) atoms. The Morgan fingerprint density at radius 3 is 2.55 bits per heavy atom. The second-order valence-electron chi connectivity index (χ2n) is 5.30. The third-order valence-electron chi connectivity index (χ3n) is 3.74. The predicted molar refractivity (Wildman–Crippen MR) is 81.7 cm³/mol. The molecule has 0 atom stereocenters. The minimum absolute atomic E-state index is 0.0651. The van der Waals surface area contributed by atoms with Gasteiger partial charge in [-0.1, -0.05) is 12.1 Å². The molecule has 5 nitrogen and oxygen atoms in total. The Morgan fingerprint density at radius 1 is 1.30 bits per heavy atom. The molecule has 0 spiro atoms. The van der Waals surface area contributed by atoms with Crippen LogP contribution < -0.4 is 11.1 Å². The number of anilines is 1. The third-order valence-corrected chi connectivity index (χ3v) is 3.74. The lowest BCUT2D eigenvalue weighted by atomic mass is 10.2. The van der Waals surface area contributed by atoms with Gasteiger partial charge in [0.1, 0.15) is 0 Å². The Kier molecular flexibility index (Phi) is 5.38. The van der Waals surface area contributed by atoms with Gasteiger partial charge in [-0.05, 0) is 43.6 Å². The van der Waals surface area contributed by atoms with E-state index in [0.29, 0.717) is 6.54 Å². The van der Waals surface area contributed by atoms with Crippen LogP contribution in [0.1, 0.15) is 18.4 Å². The number of nitrogens with one attached hydrogen (secondary N) is 1. The van der Waals surface area contributed by atoms with Crippen LogP contribution in [0.15, 0.2) is 24.3 Å². The molecule has 1 aromatic carbocycles. The summed E-state index contributed by atoms with van der Waals surface area (Å²) in [5.41, 5.74) is 7.41. The second kappa shape index (κ2) is 7.26. The maximum atomic E-state index is 12.0. The number of carbonyl (C=O) groups excluding carboxylic acids is 1. The molecule has 1 saturated heterocycles. The van der Waals surface area contributed by atoms with Gasteiger partial charge < -0.3 is 20.9 Å². The first-order chi connectivity index (χ1) is 9.69. The van der Waals surface area contributed by atoms with Crippen molar-refractivity contribution in [3.8, 4) is 0 Å². The summed E-state index contributed by atoms with van der Waals surface area (Å²) in [6.07, 6.45) is 2.56. The Hall–Kier alpha value is -1.59. The number of hydrogen-bond acceptors (Lipinski definition) is 3. The molecule has 0 saturated carbocycles. The van der Waals surface area contributed by atoms with Crippen molar-refractivity contribution in [2.45, 2.75) is 19.4 Å². The van der Waals surface area contributed by atoms with Crippen LogP contribution in [0, 0.1) is 0 Å². The van der Waals surface area contributed by atoms with E-state index in [4.69, 9.17) is 5.73 Å². The maximum Gasteiger partial charge on any atom is 0.321 e. The minimum atomic E-state index is -0.0651. The highest BCUT2D eigenvalue weighted by Crippen LogP contribution is 2.10. The quantitative estimate of drug-likeness (QED) is 0.860. The molecule has 2 amide bonds. The number of hydrogen-bond donors (Lipinski definition) is 2. The summed E-state index contributed by atoms with van der Waals surface area (Å²) in [5.74, 6) is 0. The molecular formula is C15H24N4O. The Balaban J connectivity index is 1.77. The number of urea groups is 1. The van der Waals surface area contributed by atoms with E-state index in [1.807, 2.05) is 31.3 Å². The minimum Gasteiger partial charge on any atom is -0.326 e. The molecule has 1 aliphatic heterocycles. The van der Waals surface area contributed by atoms with Crippen molar-refractivity contribution < 1.29 is 4.79 Å². The monoisotopic (exact) mass is 276 g/mol. The topological polar surface area (TPSA) is 61.6 Å². The molecule has 3 N–H and O–H groups in total. The summed E-state index contributed by atoms with van der Waals surface area (Å²) in [4.78, 5) is 16.2. The smallest absolute Gasteiger partial charge is 0.321 e. The van der Waals surface area contributed by atoms with Gasteiger partial charge in [-0.3, -0.25) is 0 Å². The largest absolute Gasteiger partial charge is 0.326 e. The molecule has 0 aromatic heterocycles. The van der Waals surface area contributed by atoms with Crippen molar-refractivity contribution in [3.63, 3.8) is 0 Å². The molecular weight excluding hydrogens is 252 g/mol. The van der Waals surface area contributed by atoms with Crippen LogP contribution in [0.3, 0.4) is 0 Å². The fourth-order valence-electron chi connectivity index (χ4n) is 2.34. The normalized spacial score (nSPS) is 15.3. The zero-order valence-electron chi connectivity index (χ0n) is 12.1. The molecule has 0 radical (unpaired) electrons. The van der Waals surface area contributed by atoms with E-state index >= 15 is 0 Å². The molecule has 0 bridgehead atoms. The number of nitrogens with two attached hydrogens (primary N) is 1. The number of rotatable bonds is 5. The zero-order chi connectivity index (χ0) is 14.4. The Morgan fingerprint density at radius 2 is 1.95 bits per heavy atom. The molecule has 1 heterocycles. The molecule has 1 aliphatic rings. The summed E-state index contributed by atoms with van der Waals surface area (Å²) in [6.45, 7) is 4.55. The number of nitrogens with zero attached hydrogens (tertiary/aromatic N) is 2. The van der Waals surface area contributed by atoms with E-state index in [2.05, 4.69) is 10.2 Å². The lowest BCUT2D eigenvalue weighted by Gasteiger charge is -2.21. The average Bonchev–Trinajstić information content (AvgIpc) is 2.98. The molecule has 0 aliphatic carbocycles. The number of carbonyl (C=O) groups is 1. The molecule has 1 aromatic rings. The van der Waals surface area contributed by atoms with E-state index in [9.17, 15) is 4.79 Å². The van der Waals surface area contributed by atoms with E-state index in [-0.39, 0.29) is 6.03 Å². The van der Waals surface area contributed by atoms with Crippen LogP contribution in [-0.2, 0) is 6.54 Å². The Bertz CT molecular complexity index is 426. The van der Waals surface area contributed by atoms with Crippen LogP contribution in [-0.4, -0.2) is 49.1 Å². The molecule has 5 heteroatoms. The van der Waals surface area contributed by atoms with E-state index in [1.165, 1.54) is 12.8 Å². The first-order valence-corrected chi connectivity index (χ1v) is 7.22. The van der Waals surface area contributed by atoms with Crippen LogP contribution >= 0.6 is 0 Å². The standard InChI is InChI=1S/C15H24N4O/c1-18(10-11-19-8-2-3-9-19)15(20)17-14-6-4-13(12-16)5-7-14/h4-7H,2-3,8-12,16H2,1H3,(H,17,20). The van der Waals surface area contributed by atoms with Crippen molar-refractivity contribution in [2.24, 2.45) is 5.73 Å². The van der Waals surface area contributed by atoms with Crippen molar-refractivity contribution in [2.75, 3.05) is 38.5 Å². The summed E-state index contributed by atoms with van der Waals surface area (Å²) < 4.78 is 0. The summed E-state index contributed by atoms with van der Waals surface area (Å²) in [5, 5.41) is 2.90. The number of amides is 2. The average molecular weight is 276 g/mol. The van der Waals surface area contributed by atoms with Gasteiger partial charge in [0.25, 0.3) is 0 Å². The molecule has 110 valence electrons. The van der Waals surface area contributed by atoms with E-state index in [0.717, 1.165) is 37.4 Å². The van der Waals surface area contributed by atoms with Gasteiger partial charge in [0.2, 0.25) is 0 Å². The highest BCUT2D eigenvalue weighted by Gasteiger charge is 2.14. The summed E-state index contributed by atoms with van der Waals surface area (Å²) in [6, 6.07) is 7.56. The second-order valence-corrected chi connectivity index (χ2v) is 5.30. The highest BCUT2D eigenvalue weighted by molar-refractivity contribution is 5.89. The number of likely N-dealkylation sites (tertiary alicyclic amines) is 1. The van der Waals surface area contributed by atoms with Crippen molar-refractivity contribution >= 4 is 11.7 Å². The van der Waals surface area contributed by atoms with Gasteiger partial charge in [0.05, 0.1) is 0 Å². The van der Waals surface area contributed by atoms with Gasteiger partial charge >= 0.3 is 6.03 Å². The van der Waals surface area contributed by atoms with Crippen molar-refractivity contribution in [1.29, 1.82) is 0 Å². The lowest BCUT2D eigenvalue weighted by molar-refractivity contribution is 0.213. The fraction of sp³-hybridized carbons (Fsp3) is 0.533. The highest BCUT2D eigenvalue weighted by atomic mass is 16.2. The lowest BCUT2D eigenvalue weighted by Crippen LogP contribution is -2.37. The molecule has 1 fully saturated rings. The van der Waals surface area contributed by atoms with Crippen molar-refractivity contribution in [1.82, 2.24) is 9.80 Å². The first-order valence-electron chi connectivity index (χ1n) is 7.22. The SMILES string of the molecule is CN(CCN1CCCC1)C(=O)Nc1ccc(CN)cc1. The van der Waals surface area contributed by atoms with Crippen molar-refractivity contribution in [3.05, 3.63) is 29.8 Å². The van der Waals surface area contributed by atoms with Crippen LogP contribution in [0.5, 0.6) is 0 Å². The van der Waals surface area contributed by atoms with Gasteiger partial charge in [-0.25, -0.2) is 4.79 Å².